The molecule has 0 fully saturated rings. The molecule has 9 nitrogen and oxygen atoms in total. The molecule has 0 unspecified atom stereocenters. The first-order valence-corrected chi connectivity index (χ1v) is 5.26. The molecule has 0 bridgehead atoms. The van der Waals surface area contributed by atoms with Crippen LogP contribution in [0.2, 0.25) is 0 Å². The molecule has 9 heteroatoms. The number of aliphatic hydroxyl groups excluding tert-OH is 1. The summed E-state index contributed by atoms with van der Waals surface area (Å²) in [5, 5.41) is 25.6. The van der Waals surface area contributed by atoms with Gasteiger partial charge in [0.25, 0.3) is 0 Å². The van der Waals surface area contributed by atoms with Crippen molar-refractivity contribution in [3.63, 3.8) is 0 Å². The van der Waals surface area contributed by atoms with Crippen LogP contribution in [0.15, 0.2) is 10.9 Å². The highest BCUT2D eigenvalue weighted by Crippen LogP contribution is 1.92. The van der Waals surface area contributed by atoms with Crippen molar-refractivity contribution in [2.24, 2.45) is 0 Å². The second-order valence-corrected chi connectivity index (χ2v) is 3.40. The highest BCUT2D eigenvalue weighted by molar-refractivity contribution is 5.82. The van der Waals surface area contributed by atoms with Gasteiger partial charge in [0.05, 0.1) is 0 Å². The number of amides is 2. The third-order valence-corrected chi connectivity index (χ3v) is 2.06. The largest absolute Gasteiger partial charge is 0.480 e. The Labute approximate surface area is 102 Å². The lowest BCUT2D eigenvalue weighted by molar-refractivity contribution is -0.139. The molecular weight excluding hydrogens is 244 g/mol. The number of aliphatic carboxylic acids is 1. The van der Waals surface area contributed by atoms with E-state index in [1.807, 2.05) is 0 Å². The average molecular weight is 258 g/mol. The molecule has 4 N–H and O–H groups in total. The Morgan fingerprint density at radius 3 is 2.83 bits per heavy atom. The van der Waals surface area contributed by atoms with Crippen LogP contribution in [0.5, 0.6) is 0 Å². The van der Waals surface area contributed by atoms with E-state index in [4.69, 9.17) is 10.2 Å². The molecule has 0 aliphatic carbocycles. The number of rotatable bonds is 7. The van der Waals surface area contributed by atoms with E-state index in [1.54, 1.807) is 0 Å². The first-order chi connectivity index (χ1) is 8.63. The SMILES string of the molecule is O=C(NCCc1ncon1)N[C@@H](CCO)C(=O)O. The molecule has 1 aromatic rings. The van der Waals surface area contributed by atoms with Crippen molar-refractivity contribution in [3.8, 4) is 0 Å². The minimum atomic E-state index is -1.20. The van der Waals surface area contributed by atoms with Crippen molar-refractivity contribution in [2.45, 2.75) is 18.9 Å². The number of carboxylic acid groups (broad SMARTS) is 1. The van der Waals surface area contributed by atoms with Crippen LogP contribution in [-0.2, 0) is 11.2 Å². The van der Waals surface area contributed by atoms with E-state index in [0.29, 0.717) is 12.2 Å². The maximum atomic E-state index is 11.3. The van der Waals surface area contributed by atoms with Gasteiger partial charge in [-0.2, -0.15) is 4.98 Å². The summed E-state index contributed by atoms with van der Waals surface area (Å²) in [6.07, 6.45) is 1.51. The molecule has 0 aliphatic rings. The molecule has 100 valence electrons. The number of hydrogen-bond donors (Lipinski definition) is 4. The van der Waals surface area contributed by atoms with Gasteiger partial charge in [-0.1, -0.05) is 5.16 Å². The van der Waals surface area contributed by atoms with E-state index in [9.17, 15) is 9.59 Å². The van der Waals surface area contributed by atoms with E-state index in [0.717, 1.165) is 0 Å². The zero-order valence-corrected chi connectivity index (χ0v) is 9.50. The number of carbonyl (C=O) groups excluding carboxylic acids is 1. The van der Waals surface area contributed by atoms with Gasteiger partial charge in [0.2, 0.25) is 6.39 Å². The monoisotopic (exact) mass is 258 g/mol. The fourth-order valence-electron chi connectivity index (χ4n) is 1.19. The Kier molecular flexibility index (Phi) is 5.58. The third kappa shape index (κ3) is 4.78. The Morgan fingerprint density at radius 1 is 1.50 bits per heavy atom. The van der Waals surface area contributed by atoms with Crippen molar-refractivity contribution in [3.05, 3.63) is 12.2 Å². The predicted octanol–water partition coefficient (Wildman–Crippen LogP) is -1.25. The van der Waals surface area contributed by atoms with Crippen LogP contribution >= 0.6 is 0 Å². The van der Waals surface area contributed by atoms with E-state index in [2.05, 4.69) is 25.3 Å². The second-order valence-electron chi connectivity index (χ2n) is 3.40. The zero-order valence-electron chi connectivity index (χ0n) is 9.50. The fraction of sp³-hybridized carbons (Fsp3) is 0.556. The van der Waals surface area contributed by atoms with Crippen LogP contribution in [0.1, 0.15) is 12.2 Å². The predicted molar refractivity (Wildman–Crippen MR) is 57.7 cm³/mol. The van der Waals surface area contributed by atoms with Gasteiger partial charge in [0, 0.05) is 26.0 Å². The third-order valence-electron chi connectivity index (χ3n) is 2.06. The number of carboxylic acids is 1. The van der Waals surface area contributed by atoms with Crippen LogP contribution in [0.4, 0.5) is 4.79 Å². The highest BCUT2D eigenvalue weighted by Gasteiger charge is 2.18. The molecule has 2 amide bonds. The molecule has 1 heterocycles. The van der Waals surface area contributed by atoms with Gasteiger partial charge in [-0.15, -0.1) is 0 Å². The first kappa shape index (κ1) is 13.9. The summed E-state index contributed by atoms with van der Waals surface area (Å²) in [4.78, 5) is 25.8. The normalized spacial score (nSPS) is 11.8. The molecule has 0 saturated heterocycles. The topological polar surface area (TPSA) is 138 Å². The summed E-state index contributed by atoms with van der Waals surface area (Å²) in [5.74, 6) is -0.752. The van der Waals surface area contributed by atoms with Crippen LogP contribution < -0.4 is 10.6 Å². The Balaban J connectivity index is 2.25. The number of hydrogen-bond acceptors (Lipinski definition) is 6. The van der Waals surface area contributed by atoms with Crippen LogP contribution in [0, 0.1) is 0 Å². The number of urea groups is 1. The smallest absolute Gasteiger partial charge is 0.326 e. The molecular formula is C9H14N4O5. The van der Waals surface area contributed by atoms with E-state index in [-0.39, 0.29) is 19.6 Å². The molecule has 1 atom stereocenters. The lowest BCUT2D eigenvalue weighted by Crippen LogP contribution is -2.46. The first-order valence-electron chi connectivity index (χ1n) is 5.26. The summed E-state index contributed by atoms with van der Waals surface area (Å²) in [5.41, 5.74) is 0. The van der Waals surface area contributed by atoms with Gasteiger partial charge in [-0.05, 0) is 0 Å². The second kappa shape index (κ2) is 7.22. The fourth-order valence-corrected chi connectivity index (χ4v) is 1.19. The maximum Gasteiger partial charge on any atom is 0.326 e. The van der Waals surface area contributed by atoms with Crippen molar-refractivity contribution in [1.82, 2.24) is 20.8 Å². The standard InChI is InChI=1S/C9H14N4O5/c14-4-2-6(8(15)16)12-9(17)10-3-1-7-11-5-18-13-7/h5-6,14H,1-4H2,(H,15,16)(H2,10,12,17)/t6-/m0/s1. The summed E-state index contributed by atoms with van der Waals surface area (Å²) in [6.45, 7) is -0.0725. The van der Waals surface area contributed by atoms with E-state index >= 15 is 0 Å². The Hall–Kier alpha value is -2.16. The van der Waals surface area contributed by atoms with Crippen LogP contribution in [0.3, 0.4) is 0 Å². The quantitative estimate of drug-likeness (QED) is 0.479. The number of aliphatic hydroxyl groups is 1. The van der Waals surface area contributed by atoms with Gasteiger partial charge in [0.1, 0.15) is 6.04 Å². The number of aromatic nitrogens is 2. The summed E-state index contributed by atoms with van der Waals surface area (Å²) < 4.78 is 4.51. The van der Waals surface area contributed by atoms with Gasteiger partial charge in [-0.3, -0.25) is 0 Å². The molecule has 18 heavy (non-hydrogen) atoms. The minimum Gasteiger partial charge on any atom is -0.480 e. The molecule has 0 saturated carbocycles. The van der Waals surface area contributed by atoms with Crippen molar-refractivity contribution < 1.29 is 24.3 Å². The van der Waals surface area contributed by atoms with Gasteiger partial charge in [0.15, 0.2) is 5.82 Å². The molecule has 0 spiro atoms. The van der Waals surface area contributed by atoms with Crippen LogP contribution in [0.25, 0.3) is 0 Å². The van der Waals surface area contributed by atoms with Gasteiger partial charge >= 0.3 is 12.0 Å². The lowest BCUT2D eigenvalue weighted by atomic mass is 10.2. The van der Waals surface area contributed by atoms with Gasteiger partial charge in [-0.25, -0.2) is 9.59 Å². The van der Waals surface area contributed by atoms with E-state index in [1.165, 1.54) is 6.39 Å². The number of carbonyl (C=O) groups is 2. The van der Waals surface area contributed by atoms with Crippen LogP contribution in [-0.4, -0.2) is 51.5 Å². The number of nitrogens with one attached hydrogen (secondary N) is 2. The van der Waals surface area contributed by atoms with Crippen molar-refractivity contribution in [1.29, 1.82) is 0 Å². The average Bonchev–Trinajstić information content (AvgIpc) is 2.81. The highest BCUT2D eigenvalue weighted by atomic mass is 16.5. The maximum absolute atomic E-state index is 11.3. The summed E-state index contributed by atoms with van der Waals surface area (Å²) in [6, 6.07) is -1.74. The van der Waals surface area contributed by atoms with Crippen molar-refractivity contribution in [2.75, 3.05) is 13.2 Å². The molecule has 0 aliphatic heterocycles. The summed E-state index contributed by atoms with van der Waals surface area (Å²) in [7, 11) is 0. The lowest BCUT2D eigenvalue weighted by Gasteiger charge is -2.13. The number of nitrogens with zero attached hydrogens (tertiary/aromatic N) is 2. The van der Waals surface area contributed by atoms with Gasteiger partial charge < -0.3 is 25.4 Å². The molecule has 0 radical (unpaired) electrons. The van der Waals surface area contributed by atoms with E-state index < -0.39 is 18.0 Å². The Bertz CT molecular complexity index is 380. The molecule has 1 rings (SSSR count). The van der Waals surface area contributed by atoms with Crippen molar-refractivity contribution >= 4 is 12.0 Å². The summed E-state index contributed by atoms with van der Waals surface area (Å²) >= 11 is 0. The molecule has 1 aromatic heterocycles. The minimum absolute atomic E-state index is 0.0480. The molecule has 0 aromatic carbocycles. The Morgan fingerprint density at radius 2 is 2.28 bits per heavy atom. The zero-order chi connectivity index (χ0) is 13.4.